The first kappa shape index (κ1) is 12.5. The maximum atomic E-state index is 6.06. The van der Waals surface area contributed by atoms with Gasteiger partial charge in [-0.1, -0.05) is 22.9 Å². The molecule has 0 amide bonds. The van der Waals surface area contributed by atoms with Gasteiger partial charge in [-0.3, -0.25) is 0 Å². The summed E-state index contributed by atoms with van der Waals surface area (Å²) >= 11 is 3.56. The molecule has 0 atom stereocenters. The molecule has 1 aromatic rings. The lowest BCUT2D eigenvalue weighted by molar-refractivity contribution is 0.407. The van der Waals surface area contributed by atoms with Gasteiger partial charge < -0.3 is 10.5 Å². The highest BCUT2D eigenvalue weighted by Gasteiger charge is 2.18. The van der Waals surface area contributed by atoms with E-state index in [0.717, 1.165) is 22.2 Å². The zero-order valence-corrected chi connectivity index (χ0v) is 11.3. The van der Waals surface area contributed by atoms with Gasteiger partial charge in [-0.2, -0.15) is 0 Å². The summed E-state index contributed by atoms with van der Waals surface area (Å²) in [4.78, 5) is 0. The molecule has 1 aromatic carbocycles. The third kappa shape index (κ3) is 2.73. The summed E-state index contributed by atoms with van der Waals surface area (Å²) in [5.41, 5.74) is 7.98. The molecule has 84 valence electrons. The maximum Gasteiger partial charge on any atom is 0.123 e. The van der Waals surface area contributed by atoms with Gasteiger partial charge in [-0.25, -0.2) is 0 Å². The average molecular weight is 272 g/mol. The van der Waals surface area contributed by atoms with Crippen LogP contribution in [0.3, 0.4) is 0 Å². The van der Waals surface area contributed by atoms with Gasteiger partial charge in [0.25, 0.3) is 0 Å². The van der Waals surface area contributed by atoms with Crippen molar-refractivity contribution in [2.75, 3.05) is 7.11 Å². The fraction of sp³-hybridized carbons (Fsp3) is 0.500. The first-order valence-electron chi connectivity index (χ1n) is 5.06. The minimum Gasteiger partial charge on any atom is -0.496 e. The fourth-order valence-corrected chi connectivity index (χ4v) is 2.23. The molecule has 1 rings (SSSR count). The predicted molar refractivity (Wildman–Crippen MR) is 67.3 cm³/mol. The number of hydrogen-bond acceptors (Lipinski definition) is 2. The van der Waals surface area contributed by atoms with Crippen LogP contribution in [-0.2, 0) is 12.0 Å². The van der Waals surface area contributed by atoms with E-state index in [1.165, 1.54) is 5.56 Å². The van der Waals surface area contributed by atoms with Gasteiger partial charge in [-0.15, -0.1) is 0 Å². The number of nitrogens with two attached hydrogens (primary N) is 1. The summed E-state index contributed by atoms with van der Waals surface area (Å²) in [5.74, 6) is 0.903. The zero-order valence-electron chi connectivity index (χ0n) is 9.73. The van der Waals surface area contributed by atoms with Gasteiger partial charge in [0, 0.05) is 15.6 Å². The Labute approximate surface area is 99.9 Å². The molecule has 0 aliphatic heterocycles. The molecule has 2 N–H and O–H groups in total. The number of benzene rings is 1. The number of halogens is 1. The van der Waals surface area contributed by atoms with E-state index in [1.54, 1.807) is 7.11 Å². The average Bonchev–Trinajstić information content (AvgIpc) is 2.15. The molecule has 0 fully saturated rings. The van der Waals surface area contributed by atoms with E-state index in [9.17, 15) is 0 Å². The molecule has 0 saturated heterocycles. The van der Waals surface area contributed by atoms with E-state index >= 15 is 0 Å². The normalized spacial score (nSPS) is 11.6. The van der Waals surface area contributed by atoms with Crippen LogP contribution in [0.25, 0.3) is 0 Å². The molecule has 2 nitrogen and oxygen atoms in total. The highest BCUT2D eigenvalue weighted by atomic mass is 79.9. The van der Waals surface area contributed by atoms with Crippen LogP contribution in [0.2, 0.25) is 0 Å². The van der Waals surface area contributed by atoms with E-state index in [2.05, 4.69) is 28.9 Å². The second kappa shape index (κ2) is 4.54. The Hall–Kier alpha value is -0.540. The van der Waals surface area contributed by atoms with Gasteiger partial charge in [0.05, 0.1) is 7.11 Å². The van der Waals surface area contributed by atoms with E-state index < -0.39 is 0 Å². The van der Waals surface area contributed by atoms with Crippen LogP contribution in [0.4, 0.5) is 0 Å². The lowest BCUT2D eigenvalue weighted by Crippen LogP contribution is -2.28. The van der Waals surface area contributed by atoms with Crippen molar-refractivity contribution in [3.05, 3.63) is 27.7 Å². The van der Waals surface area contributed by atoms with E-state index in [-0.39, 0.29) is 5.54 Å². The van der Waals surface area contributed by atoms with E-state index in [0.29, 0.717) is 0 Å². The first-order chi connectivity index (χ1) is 6.90. The Morgan fingerprint density at radius 1 is 1.40 bits per heavy atom. The summed E-state index contributed by atoms with van der Waals surface area (Å²) < 4.78 is 6.43. The predicted octanol–water partition coefficient (Wildman–Crippen LogP) is 3.21. The van der Waals surface area contributed by atoms with Crippen molar-refractivity contribution in [2.45, 2.75) is 32.7 Å². The molecule has 0 spiro atoms. The molecule has 0 bridgehead atoms. The largest absolute Gasteiger partial charge is 0.496 e. The minimum atomic E-state index is -0.345. The van der Waals surface area contributed by atoms with Crippen LogP contribution >= 0.6 is 15.9 Å². The SMILES string of the molecule is CCc1c(Br)cc(C(C)(C)N)cc1OC. The molecule has 0 heterocycles. The van der Waals surface area contributed by atoms with Crippen molar-refractivity contribution in [3.63, 3.8) is 0 Å². The molecule has 0 aliphatic rings. The fourth-order valence-electron chi connectivity index (χ4n) is 1.51. The van der Waals surface area contributed by atoms with Gasteiger partial charge in [-0.05, 0) is 38.0 Å². The van der Waals surface area contributed by atoms with Gasteiger partial charge >= 0.3 is 0 Å². The Bertz CT molecular complexity index is 355. The highest BCUT2D eigenvalue weighted by Crippen LogP contribution is 2.32. The highest BCUT2D eigenvalue weighted by molar-refractivity contribution is 9.10. The number of methoxy groups -OCH3 is 1. The maximum absolute atomic E-state index is 6.06. The molecular weight excluding hydrogens is 254 g/mol. The van der Waals surface area contributed by atoms with Gasteiger partial charge in [0.15, 0.2) is 0 Å². The first-order valence-corrected chi connectivity index (χ1v) is 5.85. The third-order valence-corrected chi connectivity index (χ3v) is 3.18. The van der Waals surface area contributed by atoms with E-state index in [4.69, 9.17) is 10.5 Å². The lowest BCUT2D eigenvalue weighted by atomic mass is 9.94. The summed E-state index contributed by atoms with van der Waals surface area (Å²) in [5, 5.41) is 0. The van der Waals surface area contributed by atoms with Crippen LogP contribution in [-0.4, -0.2) is 7.11 Å². The van der Waals surface area contributed by atoms with Crippen molar-refractivity contribution in [1.82, 2.24) is 0 Å². The van der Waals surface area contributed by atoms with Crippen molar-refractivity contribution >= 4 is 15.9 Å². The molecule has 0 saturated carbocycles. The summed E-state index contributed by atoms with van der Waals surface area (Å²) in [6.45, 7) is 6.08. The molecule has 0 aliphatic carbocycles. The van der Waals surface area contributed by atoms with Crippen molar-refractivity contribution in [2.24, 2.45) is 5.73 Å². The molecule has 3 heteroatoms. The quantitative estimate of drug-likeness (QED) is 0.917. The number of rotatable bonds is 3. The third-order valence-electron chi connectivity index (χ3n) is 2.47. The lowest BCUT2D eigenvalue weighted by Gasteiger charge is -2.22. The Balaban J connectivity index is 3.32. The minimum absolute atomic E-state index is 0.345. The molecule has 0 radical (unpaired) electrons. The van der Waals surface area contributed by atoms with Crippen LogP contribution in [0.1, 0.15) is 31.9 Å². The van der Waals surface area contributed by atoms with Gasteiger partial charge in [0.2, 0.25) is 0 Å². The van der Waals surface area contributed by atoms with E-state index in [1.807, 2.05) is 19.9 Å². The molecule has 15 heavy (non-hydrogen) atoms. The monoisotopic (exact) mass is 271 g/mol. The topological polar surface area (TPSA) is 35.2 Å². The number of hydrogen-bond donors (Lipinski definition) is 1. The Kier molecular flexibility index (Phi) is 3.79. The van der Waals surface area contributed by atoms with Gasteiger partial charge in [0.1, 0.15) is 5.75 Å². The smallest absolute Gasteiger partial charge is 0.123 e. The van der Waals surface area contributed by atoms with Crippen molar-refractivity contribution in [3.8, 4) is 5.75 Å². The summed E-state index contributed by atoms with van der Waals surface area (Å²) in [6, 6.07) is 4.09. The van der Waals surface area contributed by atoms with Crippen LogP contribution in [0, 0.1) is 0 Å². The van der Waals surface area contributed by atoms with Crippen LogP contribution in [0.5, 0.6) is 5.75 Å². The summed E-state index contributed by atoms with van der Waals surface area (Å²) in [6.07, 6.45) is 0.940. The molecular formula is C12H18BrNO. The Morgan fingerprint density at radius 2 is 2.00 bits per heavy atom. The molecule has 0 aromatic heterocycles. The van der Waals surface area contributed by atoms with Crippen LogP contribution in [0.15, 0.2) is 16.6 Å². The molecule has 0 unspecified atom stereocenters. The second-order valence-corrected chi connectivity index (χ2v) is 5.07. The second-order valence-electron chi connectivity index (χ2n) is 4.21. The Morgan fingerprint density at radius 3 is 2.40 bits per heavy atom. The zero-order chi connectivity index (χ0) is 11.6. The van der Waals surface area contributed by atoms with Crippen molar-refractivity contribution in [1.29, 1.82) is 0 Å². The van der Waals surface area contributed by atoms with Crippen LogP contribution < -0.4 is 10.5 Å². The van der Waals surface area contributed by atoms with Crippen molar-refractivity contribution < 1.29 is 4.74 Å². The number of ether oxygens (including phenoxy) is 1. The standard InChI is InChI=1S/C12H18BrNO/c1-5-9-10(13)6-8(12(2,3)14)7-11(9)15-4/h6-7H,5,14H2,1-4H3. The summed E-state index contributed by atoms with van der Waals surface area (Å²) in [7, 11) is 1.69.